The summed E-state index contributed by atoms with van der Waals surface area (Å²) in [5.41, 5.74) is 6.20. The molecule has 2 rings (SSSR count). The molecule has 1 aliphatic carbocycles. The zero-order valence-electron chi connectivity index (χ0n) is 10.8. The highest BCUT2D eigenvalue weighted by molar-refractivity contribution is 7.91. The van der Waals surface area contributed by atoms with Gasteiger partial charge < -0.3 is 10.5 Å². The summed E-state index contributed by atoms with van der Waals surface area (Å²) in [6, 6.07) is 5.08. The molecule has 0 bridgehead atoms. The van der Waals surface area contributed by atoms with Gasteiger partial charge in [0.25, 0.3) is 0 Å². The number of anilines is 1. The molecular weight excluding hydrogens is 286 g/mol. The standard InChI is InChI=1S/C13H18ClNO3S/c1-19(16,17)11-4-2-3-10(8-11)18-13-6-5-9(15)7-12(13)14/h5-7,10-11H,2-4,8,15H2,1H3. The van der Waals surface area contributed by atoms with E-state index in [0.717, 1.165) is 12.8 Å². The van der Waals surface area contributed by atoms with E-state index in [9.17, 15) is 8.42 Å². The summed E-state index contributed by atoms with van der Waals surface area (Å²) in [6.07, 6.45) is 4.14. The fourth-order valence-electron chi connectivity index (χ4n) is 2.39. The lowest BCUT2D eigenvalue weighted by atomic mass is 9.97. The molecule has 1 fully saturated rings. The van der Waals surface area contributed by atoms with Gasteiger partial charge in [0.1, 0.15) is 21.7 Å². The number of sulfone groups is 1. The largest absolute Gasteiger partial charge is 0.489 e. The van der Waals surface area contributed by atoms with Crippen LogP contribution in [0.15, 0.2) is 18.2 Å². The van der Waals surface area contributed by atoms with Crippen LogP contribution in [-0.2, 0) is 9.84 Å². The second-order valence-electron chi connectivity index (χ2n) is 5.05. The van der Waals surface area contributed by atoms with Crippen LogP contribution in [0.2, 0.25) is 5.02 Å². The summed E-state index contributed by atoms with van der Waals surface area (Å²) < 4.78 is 29.0. The van der Waals surface area contributed by atoms with Crippen LogP contribution in [0.25, 0.3) is 0 Å². The van der Waals surface area contributed by atoms with Gasteiger partial charge in [-0.1, -0.05) is 11.6 Å². The molecule has 106 valence electrons. The highest BCUT2D eigenvalue weighted by Gasteiger charge is 2.30. The maximum Gasteiger partial charge on any atom is 0.150 e. The number of benzene rings is 1. The Labute approximate surface area is 118 Å². The molecule has 0 heterocycles. The normalized spacial score (nSPS) is 24.1. The summed E-state index contributed by atoms with van der Waals surface area (Å²) in [4.78, 5) is 0. The number of hydrogen-bond donors (Lipinski definition) is 1. The molecule has 4 nitrogen and oxygen atoms in total. The molecule has 1 aromatic carbocycles. The van der Waals surface area contributed by atoms with Crippen molar-refractivity contribution in [2.45, 2.75) is 37.0 Å². The SMILES string of the molecule is CS(=O)(=O)C1CCCC(Oc2ccc(N)cc2Cl)C1. The van der Waals surface area contributed by atoms with E-state index >= 15 is 0 Å². The maximum absolute atomic E-state index is 11.6. The fourth-order valence-corrected chi connectivity index (χ4v) is 3.78. The van der Waals surface area contributed by atoms with Gasteiger partial charge in [-0.3, -0.25) is 0 Å². The van der Waals surface area contributed by atoms with Crippen molar-refractivity contribution in [2.75, 3.05) is 12.0 Å². The third kappa shape index (κ3) is 3.76. The molecule has 2 N–H and O–H groups in total. The van der Waals surface area contributed by atoms with Gasteiger partial charge in [0.2, 0.25) is 0 Å². The number of rotatable bonds is 3. The molecule has 1 saturated carbocycles. The van der Waals surface area contributed by atoms with E-state index in [1.807, 2.05) is 0 Å². The van der Waals surface area contributed by atoms with E-state index in [1.54, 1.807) is 18.2 Å². The predicted molar refractivity (Wildman–Crippen MR) is 77.4 cm³/mol. The summed E-state index contributed by atoms with van der Waals surface area (Å²) in [7, 11) is -3.00. The van der Waals surface area contributed by atoms with Gasteiger partial charge in [-0.15, -0.1) is 0 Å². The van der Waals surface area contributed by atoms with E-state index in [2.05, 4.69) is 0 Å². The number of halogens is 1. The number of hydrogen-bond acceptors (Lipinski definition) is 4. The van der Waals surface area contributed by atoms with Crippen molar-refractivity contribution in [1.82, 2.24) is 0 Å². The van der Waals surface area contributed by atoms with Gasteiger partial charge in [0.05, 0.1) is 10.3 Å². The van der Waals surface area contributed by atoms with Crippen LogP contribution in [-0.4, -0.2) is 26.0 Å². The predicted octanol–water partition coefficient (Wildman–Crippen LogP) is 2.66. The fraction of sp³-hybridized carbons (Fsp3) is 0.538. The topological polar surface area (TPSA) is 69.4 Å². The molecule has 19 heavy (non-hydrogen) atoms. The van der Waals surface area contributed by atoms with Crippen molar-refractivity contribution in [1.29, 1.82) is 0 Å². The first-order valence-corrected chi connectivity index (χ1v) is 8.60. The van der Waals surface area contributed by atoms with Gasteiger partial charge in [0, 0.05) is 18.4 Å². The van der Waals surface area contributed by atoms with Crippen LogP contribution in [0.3, 0.4) is 0 Å². The number of ether oxygens (including phenoxy) is 1. The minimum atomic E-state index is -3.00. The molecule has 0 aliphatic heterocycles. The highest BCUT2D eigenvalue weighted by atomic mass is 35.5. The summed E-state index contributed by atoms with van der Waals surface area (Å²) >= 11 is 6.05. The van der Waals surface area contributed by atoms with Crippen LogP contribution in [0, 0.1) is 0 Å². The van der Waals surface area contributed by atoms with Gasteiger partial charge in [-0.2, -0.15) is 0 Å². The van der Waals surface area contributed by atoms with Crippen LogP contribution in [0.5, 0.6) is 5.75 Å². The van der Waals surface area contributed by atoms with E-state index in [4.69, 9.17) is 22.1 Å². The molecule has 0 aromatic heterocycles. The Morgan fingerprint density at radius 1 is 1.37 bits per heavy atom. The molecule has 0 saturated heterocycles. The second kappa shape index (κ2) is 5.59. The lowest BCUT2D eigenvalue weighted by Crippen LogP contribution is -2.33. The van der Waals surface area contributed by atoms with Crippen molar-refractivity contribution in [3.8, 4) is 5.75 Å². The monoisotopic (exact) mass is 303 g/mol. The van der Waals surface area contributed by atoms with Crippen molar-refractivity contribution in [3.63, 3.8) is 0 Å². The van der Waals surface area contributed by atoms with Crippen LogP contribution in [0.1, 0.15) is 25.7 Å². The molecule has 0 spiro atoms. The smallest absolute Gasteiger partial charge is 0.150 e. The van der Waals surface area contributed by atoms with Crippen LogP contribution in [0.4, 0.5) is 5.69 Å². The zero-order valence-corrected chi connectivity index (χ0v) is 12.4. The minimum absolute atomic E-state index is 0.102. The first-order valence-electron chi connectivity index (χ1n) is 6.27. The molecule has 2 atom stereocenters. The van der Waals surface area contributed by atoms with Crippen LogP contribution >= 0.6 is 11.6 Å². The highest BCUT2D eigenvalue weighted by Crippen LogP contribution is 2.32. The zero-order chi connectivity index (χ0) is 14.0. The molecule has 0 amide bonds. The van der Waals surface area contributed by atoms with E-state index in [0.29, 0.717) is 29.3 Å². The Kier molecular flexibility index (Phi) is 4.26. The number of nitrogens with two attached hydrogens (primary N) is 1. The van der Waals surface area contributed by atoms with E-state index < -0.39 is 9.84 Å². The van der Waals surface area contributed by atoms with Gasteiger partial charge in [0.15, 0.2) is 0 Å². The lowest BCUT2D eigenvalue weighted by molar-refractivity contribution is 0.156. The van der Waals surface area contributed by atoms with Crippen molar-refractivity contribution in [3.05, 3.63) is 23.2 Å². The Hall–Kier alpha value is -0.940. The average Bonchev–Trinajstić information content (AvgIpc) is 2.32. The third-order valence-corrected chi connectivity index (χ3v) is 5.37. The summed E-state index contributed by atoms with van der Waals surface area (Å²) in [5, 5.41) is 0.153. The molecule has 2 unspecified atom stereocenters. The van der Waals surface area contributed by atoms with Crippen molar-refractivity contribution >= 4 is 27.1 Å². The van der Waals surface area contributed by atoms with Gasteiger partial charge >= 0.3 is 0 Å². The molecule has 1 aromatic rings. The molecular formula is C13H18ClNO3S. The van der Waals surface area contributed by atoms with E-state index in [-0.39, 0.29) is 11.4 Å². The summed E-state index contributed by atoms with van der Waals surface area (Å²) in [5.74, 6) is 0.565. The first-order chi connectivity index (χ1) is 8.86. The first kappa shape index (κ1) is 14.5. The van der Waals surface area contributed by atoms with Crippen molar-refractivity contribution < 1.29 is 13.2 Å². The average molecular weight is 304 g/mol. The quantitative estimate of drug-likeness (QED) is 0.872. The second-order valence-corrected chi connectivity index (χ2v) is 7.78. The van der Waals surface area contributed by atoms with Gasteiger partial charge in [-0.25, -0.2) is 8.42 Å². The van der Waals surface area contributed by atoms with Crippen molar-refractivity contribution in [2.24, 2.45) is 0 Å². The third-order valence-electron chi connectivity index (χ3n) is 3.43. The molecule has 0 radical (unpaired) electrons. The molecule has 1 aliphatic rings. The van der Waals surface area contributed by atoms with Gasteiger partial charge in [-0.05, 0) is 37.5 Å². The Morgan fingerprint density at radius 2 is 2.11 bits per heavy atom. The van der Waals surface area contributed by atoms with Crippen LogP contribution < -0.4 is 10.5 Å². The lowest BCUT2D eigenvalue weighted by Gasteiger charge is -2.28. The minimum Gasteiger partial charge on any atom is -0.489 e. The Balaban J connectivity index is 2.07. The Morgan fingerprint density at radius 3 is 2.74 bits per heavy atom. The maximum atomic E-state index is 11.6. The molecule has 6 heteroatoms. The summed E-state index contributed by atoms with van der Waals surface area (Å²) in [6.45, 7) is 0. The Bertz CT molecular complexity index is 559. The number of nitrogen functional groups attached to an aromatic ring is 1. The van der Waals surface area contributed by atoms with E-state index in [1.165, 1.54) is 6.26 Å².